The first-order chi connectivity index (χ1) is 13.2. The van der Waals surface area contributed by atoms with Gasteiger partial charge in [0.15, 0.2) is 5.11 Å². The van der Waals surface area contributed by atoms with Crippen molar-refractivity contribution in [2.45, 2.75) is 6.92 Å². The van der Waals surface area contributed by atoms with Gasteiger partial charge in [-0.1, -0.05) is 12.1 Å². The lowest BCUT2D eigenvalue weighted by Crippen LogP contribution is -2.36. The van der Waals surface area contributed by atoms with Crippen LogP contribution >= 0.6 is 12.2 Å². The van der Waals surface area contributed by atoms with Gasteiger partial charge in [-0.2, -0.15) is 0 Å². The normalized spacial score (nSPS) is 13.7. The third kappa shape index (κ3) is 5.18. The van der Waals surface area contributed by atoms with Crippen LogP contribution in [0, 0.1) is 0 Å². The van der Waals surface area contributed by atoms with Crippen molar-refractivity contribution in [1.82, 2.24) is 0 Å². The van der Waals surface area contributed by atoms with Gasteiger partial charge in [0.2, 0.25) is 0 Å². The number of esters is 1. The molecule has 2 N–H and O–H groups in total. The number of carbonyl (C=O) groups excluding carboxylic acids is 1. The Bertz CT molecular complexity index is 789. The number of morpholine rings is 1. The zero-order valence-corrected chi connectivity index (χ0v) is 16.1. The molecule has 0 radical (unpaired) electrons. The standard InChI is InChI=1S/C20H23N3O3S/c1-2-26-19(24)15-7-9-16(10-8-15)21-20(27)22-17-5-3-4-6-18(17)23-11-13-25-14-12-23/h3-10H,2,11-14H2,1H3,(H2,21,22,27). The Morgan fingerprint density at radius 2 is 1.81 bits per heavy atom. The van der Waals surface area contributed by atoms with Crippen LogP contribution in [0.5, 0.6) is 0 Å². The predicted molar refractivity (Wildman–Crippen MR) is 112 cm³/mol. The summed E-state index contributed by atoms with van der Waals surface area (Å²) in [7, 11) is 0. The summed E-state index contributed by atoms with van der Waals surface area (Å²) in [6, 6.07) is 15.1. The molecule has 0 aliphatic carbocycles. The van der Waals surface area contributed by atoms with Gasteiger partial charge >= 0.3 is 5.97 Å². The van der Waals surface area contributed by atoms with Crippen LogP contribution in [0.25, 0.3) is 0 Å². The summed E-state index contributed by atoms with van der Waals surface area (Å²) in [5, 5.41) is 6.89. The van der Waals surface area contributed by atoms with Gasteiger partial charge in [-0.3, -0.25) is 0 Å². The van der Waals surface area contributed by atoms with Crippen molar-refractivity contribution in [3.05, 3.63) is 54.1 Å². The van der Waals surface area contributed by atoms with E-state index in [1.165, 1.54) is 0 Å². The number of ether oxygens (including phenoxy) is 2. The first-order valence-electron chi connectivity index (χ1n) is 8.94. The highest BCUT2D eigenvalue weighted by atomic mass is 32.1. The van der Waals surface area contributed by atoms with Crippen molar-refractivity contribution in [3.8, 4) is 0 Å². The molecule has 0 saturated carbocycles. The molecule has 0 spiro atoms. The number of carbonyl (C=O) groups is 1. The number of thiocarbonyl (C=S) groups is 1. The maximum absolute atomic E-state index is 11.7. The lowest BCUT2D eigenvalue weighted by Gasteiger charge is -2.30. The Kier molecular flexibility index (Phi) is 6.62. The summed E-state index contributed by atoms with van der Waals surface area (Å²) >= 11 is 5.45. The fourth-order valence-electron chi connectivity index (χ4n) is 2.85. The first-order valence-corrected chi connectivity index (χ1v) is 9.35. The Labute approximate surface area is 164 Å². The molecule has 0 aromatic heterocycles. The molecule has 1 aliphatic rings. The number of benzene rings is 2. The second-order valence-electron chi connectivity index (χ2n) is 5.99. The van der Waals surface area contributed by atoms with Crippen LogP contribution in [0.4, 0.5) is 17.1 Å². The van der Waals surface area contributed by atoms with Crippen LogP contribution in [0.1, 0.15) is 17.3 Å². The van der Waals surface area contributed by atoms with Crippen molar-refractivity contribution in [1.29, 1.82) is 0 Å². The molecule has 7 heteroatoms. The topological polar surface area (TPSA) is 62.8 Å². The van der Waals surface area contributed by atoms with Gasteiger partial charge in [-0.25, -0.2) is 4.79 Å². The third-order valence-corrected chi connectivity index (χ3v) is 4.36. The molecular weight excluding hydrogens is 362 g/mol. The molecule has 3 rings (SSSR count). The Morgan fingerprint density at radius 3 is 2.52 bits per heavy atom. The number of anilines is 3. The largest absolute Gasteiger partial charge is 0.462 e. The van der Waals surface area contributed by atoms with Gasteiger partial charge in [0.25, 0.3) is 0 Å². The zero-order valence-electron chi connectivity index (χ0n) is 15.2. The highest BCUT2D eigenvalue weighted by Crippen LogP contribution is 2.26. The summed E-state index contributed by atoms with van der Waals surface area (Å²) in [6.45, 7) is 5.30. The molecule has 2 aromatic rings. The Hall–Kier alpha value is -2.64. The van der Waals surface area contributed by atoms with E-state index < -0.39 is 0 Å². The number of hydrogen-bond donors (Lipinski definition) is 2. The van der Waals surface area contributed by atoms with Crippen LogP contribution in [0.3, 0.4) is 0 Å². The van der Waals surface area contributed by atoms with Gasteiger partial charge in [-0.05, 0) is 55.5 Å². The Morgan fingerprint density at radius 1 is 1.11 bits per heavy atom. The van der Waals surface area contributed by atoms with E-state index in [1.807, 2.05) is 18.2 Å². The monoisotopic (exact) mass is 385 g/mol. The van der Waals surface area contributed by atoms with Crippen LogP contribution in [-0.2, 0) is 9.47 Å². The minimum absolute atomic E-state index is 0.329. The molecule has 1 fully saturated rings. The average Bonchev–Trinajstić information content (AvgIpc) is 2.70. The molecule has 1 saturated heterocycles. The van der Waals surface area contributed by atoms with E-state index in [-0.39, 0.29) is 5.97 Å². The highest BCUT2D eigenvalue weighted by Gasteiger charge is 2.15. The maximum Gasteiger partial charge on any atom is 0.338 e. The molecule has 2 aromatic carbocycles. The van der Waals surface area contributed by atoms with Crippen molar-refractivity contribution in [2.24, 2.45) is 0 Å². The van der Waals surface area contributed by atoms with Crippen molar-refractivity contribution in [2.75, 3.05) is 48.4 Å². The second kappa shape index (κ2) is 9.34. The van der Waals surface area contributed by atoms with Crippen LogP contribution in [0.15, 0.2) is 48.5 Å². The molecule has 0 bridgehead atoms. The number of nitrogens with one attached hydrogen (secondary N) is 2. The summed E-state index contributed by atoms with van der Waals surface area (Å²) in [4.78, 5) is 14.0. The van der Waals surface area contributed by atoms with E-state index in [4.69, 9.17) is 21.7 Å². The number of rotatable bonds is 5. The van der Waals surface area contributed by atoms with E-state index in [2.05, 4.69) is 21.6 Å². The minimum Gasteiger partial charge on any atom is -0.462 e. The lowest BCUT2D eigenvalue weighted by atomic mass is 10.2. The number of para-hydroxylation sites is 2. The molecule has 0 atom stereocenters. The van der Waals surface area contributed by atoms with E-state index in [0.717, 1.165) is 43.4 Å². The maximum atomic E-state index is 11.7. The van der Waals surface area contributed by atoms with Crippen LogP contribution in [0.2, 0.25) is 0 Å². The average molecular weight is 385 g/mol. The number of hydrogen-bond acceptors (Lipinski definition) is 5. The van der Waals surface area contributed by atoms with E-state index in [0.29, 0.717) is 17.3 Å². The molecule has 0 unspecified atom stereocenters. The van der Waals surface area contributed by atoms with Crippen LogP contribution in [-0.4, -0.2) is 44.0 Å². The molecule has 27 heavy (non-hydrogen) atoms. The molecule has 1 heterocycles. The van der Waals surface area contributed by atoms with E-state index in [1.54, 1.807) is 31.2 Å². The molecule has 1 aliphatic heterocycles. The fraction of sp³-hybridized carbons (Fsp3) is 0.300. The Balaban J connectivity index is 1.63. The highest BCUT2D eigenvalue weighted by molar-refractivity contribution is 7.80. The molecule has 142 valence electrons. The zero-order chi connectivity index (χ0) is 19.1. The van der Waals surface area contributed by atoms with Crippen molar-refractivity contribution >= 4 is 40.4 Å². The third-order valence-electron chi connectivity index (χ3n) is 4.16. The minimum atomic E-state index is -0.329. The molecule has 0 amide bonds. The van der Waals surface area contributed by atoms with Gasteiger partial charge in [-0.15, -0.1) is 0 Å². The van der Waals surface area contributed by atoms with Gasteiger partial charge in [0, 0.05) is 18.8 Å². The molecular formula is C20H23N3O3S. The SMILES string of the molecule is CCOC(=O)c1ccc(NC(=S)Nc2ccccc2N2CCOCC2)cc1. The van der Waals surface area contributed by atoms with Gasteiger partial charge < -0.3 is 25.0 Å². The van der Waals surface area contributed by atoms with Crippen molar-refractivity contribution in [3.63, 3.8) is 0 Å². The van der Waals surface area contributed by atoms with Gasteiger partial charge in [0.1, 0.15) is 0 Å². The first kappa shape index (κ1) is 19.1. The summed E-state index contributed by atoms with van der Waals surface area (Å²) in [5.41, 5.74) is 3.35. The summed E-state index contributed by atoms with van der Waals surface area (Å²) < 4.78 is 10.4. The predicted octanol–water partition coefficient (Wildman–Crippen LogP) is 3.51. The summed E-state index contributed by atoms with van der Waals surface area (Å²) in [5.74, 6) is -0.329. The molecule has 6 nitrogen and oxygen atoms in total. The van der Waals surface area contributed by atoms with Crippen LogP contribution < -0.4 is 15.5 Å². The second-order valence-corrected chi connectivity index (χ2v) is 6.40. The van der Waals surface area contributed by atoms with E-state index in [9.17, 15) is 4.79 Å². The van der Waals surface area contributed by atoms with E-state index >= 15 is 0 Å². The number of nitrogens with zero attached hydrogens (tertiary/aromatic N) is 1. The fourth-order valence-corrected chi connectivity index (χ4v) is 3.08. The smallest absolute Gasteiger partial charge is 0.338 e. The lowest BCUT2D eigenvalue weighted by molar-refractivity contribution is 0.0526. The van der Waals surface area contributed by atoms with Crippen molar-refractivity contribution < 1.29 is 14.3 Å². The van der Waals surface area contributed by atoms with Gasteiger partial charge in [0.05, 0.1) is 36.8 Å². The quantitative estimate of drug-likeness (QED) is 0.603. The summed E-state index contributed by atoms with van der Waals surface area (Å²) in [6.07, 6.45) is 0.